The molecule has 21 heavy (non-hydrogen) atoms. The molecule has 0 aromatic heterocycles. The average Bonchev–Trinajstić information content (AvgIpc) is 2.87. The van der Waals surface area contributed by atoms with Gasteiger partial charge < -0.3 is 10.2 Å². The fourth-order valence-electron chi connectivity index (χ4n) is 3.37. The maximum atomic E-state index is 14.0. The fraction of sp³-hybridized carbons (Fsp3) is 0.571. The Labute approximate surface area is 124 Å². The van der Waals surface area contributed by atoms with Crippen LogP contribution >= 0.6 is 0 Å². The van der Waals surface area contributed by atoms with E-state index in [0.717, 1.165) is 25.5 Å². The Morgan fingerprint density at radius 3 is 2.81 bits per heavy atom. The van der Waals surface area contributed by atoms with Gasteiger partial charge in [0.1, 0.15) is 5.82 Å². The Kier molecular flexibility index (Phi) is 3.90. The molecule has 3 N–H and O–H groups in total. The number of fused-ring (bicyclic) bond motifs is 1. The van der Waals surface area contributed by atoms with Gasteiger partial charge in [-0.1, -0.05) is 0 Å². The highest BCUT2D eigenvalue weighted by molar-refractivity contribution is 7.89. The minimum Gasteiger partial charge on any atom is -0.380 e. The van der Waals surface area contributed by atoms with E-state index in [0.29, 0.717) is 11.7 Å². The van der Waals surface area contributed by atoms with Gasteiger partial charge in [-0.15, -0.1) is 0 Å². The Hall–Kier alpha value is -1.18. The number of sulfonamides is 1. The van der Waals surface area contributed by atoms with E-state index in [9.17, 15) is 12.8 Å². The van der Waals surface area contributed by atoms with E-state index in [1.807, 2.05) is 0 Å². The number of hydrogen-bond acceptors (Lipinski definition) is 4. The Morgan fingerprint density at radius 2 is 2.10 bits per heavy atom. The average molecular weight is 313 g/mol. The summed E-state index contributed by atoms with van der Waals surface area (Å²) in [4.78, 5) is 2.30. The van der Waals surface area contributed by atoms with Crippen LogP contribution in [0.1, 0.15) is 25.7 Å². The van der Waals surface area contributed by atoms with Crippen molar-refractivity contribution in [3.63, 3.8) is 0 Å². The Morgan fingerprint density at radius 1 is 1.29 bits per heavy atom. The van der Waals surface area contributed by atoms with E-state index in [1.165, 1.54) is 31.5 Å². The minimum absolute atomic E-state index is 0.198. The third kappa shape index (κ3) is 3.20. The maximum absolute atomic E-state index is 14.0. The first kappa shape index (κ1) is 14.7. The summed E-state index contributed by atoms with van der Waals surface area (Å²) in [5.41, 5.74) is 0.346. The largest absolute Gasteiger partial charge is 0.380 e. The first-order chi connectivity index (χ1) is 9.93. The van der Waals surface area contributed by atoms with Crippen LogP contribution in [0.2, 0.25) is 0 Å². The van der Waals surface area contributed by atoms with E-state index in [4.69, 9.17) is 5.14 Å². The molecule has 1 aromatic carbocycles. The van der Waals surface area contributed by atoms with Gasteiger partial charge in [-0.05, 0) is 50.4 Å². The van der Waals surface area contributed by atoms with E-state index >= 15 is 0 Å². The van der Waals surface area contributed by atoms with Crippen LogP contribution in [-0.4, -0.2) is 38.5 Å². The van der Waals surface area contributed by atoms with Crippen molar-refractivity contribution in [2.24, 2.45) is 5.14 Å². The van der Waals surface area contributed by atoms with Crippen molar-refractivity contribution in [1.82, 2.24) is 4.90 Å². The molecule has 116 valence electrons. The second-order valence-electron chi connectivity index (χ2n) is 5.88. The molecule has 2 heterocycles. The smallest absolute Gasteiger partial charge is 0.238 e. The van der Waals surface area contributed by atoms with Gasteiger partial charge in [0, 0.05) is 18.6 Å². The van der Waals surface area contributed by atoms with Gasteiger partial charge in [-0.2, -0.15) is 0 Å². The number of nitrogens with zero attached hydrogens (tertiary/aromatic N) is 1. The lowest BCUT2D eigenvalue weighted by molar-refractivity contribution is 0.188. The van der Waals surface area contributed by atoms with Crippen molar-refractivity contribution in [3.05, 3.63) is 24.0 Å². The molecule has 0 spiro atoms. The molecule has 3 rings (SSSR count). The van der Waals surface area contributed by atoms with Crippen LogP contribution in [-0.2, 0) is 10.0 Å². The summed E-state index contributed by atoms with van der Waals surface area (Å²) in [6.45, 7) is 2.22. The van der Waals surface area contributed by atoms with Crippen molar-refractivity contribution >= 4 is 15.7 Å². The van der Waals surface area contributed by atoms with Crippen LogP contribution in [0.4, 0.5) is 10.1 Å². The molecule has 0 amide bonds. The lowest BCUT2D eigenvalue weighted by Gasteiger charge is -2.35. The highest BCUT2D eigenvalue weighted by Crippen LogP contribution is 2.29. The summed E-state index contributed by atoms with van der Waals surface area (Å²) >= 11 is 0. The van der Waals surface area contributed by atoms with Gasteiger partial charge >= 0.3 is 0 Å². The van der Waals surface area contributed by atoms with Gasteiger partial charge in [0.25, 0.3) is 0 Å². The third-order valence-corrected chi connectivity index (χ3v) is 5.36. The topological polar surface area (TPSA) is 75.4 Å². The molecule has 2 fully saturated rings. The SMILES string of the molecule is NS(=O)(=O)c1ccc(NC2CCN3CCCC3C2)c(F)c1. The molecule has 0 radical (unpaired) electrons. The summed E-state index contributed by atoms with van der Waals surface area (Å²) in [6, 6.07) is 4.60. The predicted octanol–water partition coefficient (Wildman–Crippen LogP) is 1.51. The molecule has 2 unspecified atom stereocenters. The molecule has 0 aliphatic carbocycles. The lowest BCUT2D eigenvalue weighted by Crippen LogP contribution is -2.42. The number of primary sulfonamides is 1. The quantitative estimate of drug-likeness (QED) is 0.887. The van der Waals surface area contributed by atoms with Gasteiger partial charge in [-0.25, -0.2) is 17.9 Å². The van der Waals surface area contributed by atoms with Crippen LogP contribution < -0.4 is 10.5 Å². The molecule has 2 aliphatic heterocycles. The standard InChI is InChI=1S/C14H20FN3O2S/c15-13-9-12(21(16,19)20)3-4-14(13)17-10-5-7-18-6-1-2-11(18)8-10/h3-4,9-11,17H,1-2,5-8H2,(H2,16,19,20). The summed E-state index contributed by atoms with van der Waals surface area (Å²) < 4.78 is 36.4. The highest BCUT2D eigenvalue weighted by atomic mass is 32.2. The zero-order chi connectivity index (χ0) is 15.0. The molecular weight excluding hydrogens is 293 g/mol. The summed E-state index contributed by atoms with van der Waals surface area (Å²) in [5, 5.41) is 8.20. The summed E-state index contributed by atoms with van der Waals surface area (Å²) in [6.07, 6.45) is 4.45. The van der Waals surface area contributed by atoms with Crippen LogP contribution in [0.5, 0.6) is 0 Å². The molecule has 0 bridgehead atoms. The van der Waals surface area contributed by atoms with Gasteiger partial charge in [0.15, 0.2) is 0 Å². The number of anilines is 1. The summed E-state index contributed by atoms with van der Waals surface area (Å²) in [7, 11) is -3.86. The molecule has 7 heteroatoms. The van der Waals surface area contributed by atoms with Crippen molar-refractivity contribution in [2.45, 2.75) is 42.7 Å². The maximum Gasteiger partial charge on any atom is 0.238 e. The number of rotatable bonds is 3. The second kappa shape index (κ2) is 5.55. The van der Waals surface area contributed by atoms with Gasteiger partial charge in [-0.3, -0.25) is 0 Å². The van der Waals surface area contributed by atoms with E-state index in [-0.39, 0.29) is 10.9 Å². The van der Waals surface area contributed by atoms with Crippen molar-refractivity contribution < 1.29 is 12.8 Å². The normalized spacial score (nSPS) is 26.6. The second-order valence-corrected chi connectivity index (χ2v) is 7.45. The van der Waals surface area contributed by atoms with Gasteiger partial charge in [0.05, 0.1) is 10.6 Å². The number of nitrogens with one attached hydrogen (secondary N) is 1. The third-order valence-electron chi connectivity index (χ3n) is 4.45. The van der Waals surface area contributed by atoms with Crippen LogP contribution in [0.3, 0.4) is 0 Å². The predicted molar refractivity (Wildman–Crippen MR) is 79.0 cm³/mol. The van der Waals surface area contributed by atoms with Crippen molar-refractivity contribution in [1.29, 1.82) is 0 Å². The van der Waals surface area contributed by atoms with Crippen molar-refractivity contribution in [2.75, 3.05) is 18.4 Å². The zero-order valence-corrected chi connectivity index (χ0v) is 12.6. The molecule has 2 saturated heterocycles. The Balaban J connectivity index is 1.70. The number of nitrogens with two attached hydrogens (primary N) is 1. The number of benzene rings is 1. The fourth-order valence-corrected chi connectivity index (χ4v) is 3.89. The first-order valence-electron chi connectivity index (χ1n) is 7.26. The van der Waals surface area contributed by atoms with Gasteiger partial charge in [0.2, 0.25) is 10.0 Å². The zero-order valence-electron chi connectivity index (χ0n) is 11.8. The first-order valence-corrected chi connectivity index (χ1v) is 8.81. The van der Waals surface area contributed by atoms with Crippen molar-refractivity contribution in [3.8, 4) is 0 Å². The summed E-state index contributed by atoms with van der Waals surface area (Å²) in [5.74, 6) is -0.574. The molecule has 2 atom stereocenters. The lowest BCUT2D eigenvalue weighted by atomic mass is 9.97. The molecular formula is C14H20FN3O2S. The number of halogens is 1. The molecule has 1 aromatic rings. The van der Waals surface area contributed by atoms with E-state index in [2.05, 4.69) is 10.2 Å². The van der Waals surface area contributed by atoms with Crippen LogP contribution in [0.15, 0.2) is 23.1 Å². The number of piperidine rings is 1. The van der Waals surface area contributed by atoms with Crippen LogP contribution in [0.25, 0.3) is 0 Å². The monoisotopic (exact) mass is 313 g/mol. The Bertz CT molecular complexity index is 635. The molecule has 0 saturated carbocycles. The molecule has 2 aliphatic rings. The van der Waals surface area contributed by atoms with E-state index < -0.39 is 15.8 Å². The highest BCUT2D eigenvalue weighted by Gasteiger charge is 2.31. The molecule has 5 nitrogen and oxygen atoms in total. The minimum atomic E-state index is -3.86. The van der Waals surface area contributed by atoms with E-state index in [1.54, 1.807) is 0 Å². The van der Waals surface area contributed by atoms with Crippen LogP contribution in [0, 0.1) is 5.82 Å². The number of hydrogen-bond donors (Lipinski definition) is 2.